The van der Waals surface area contributed by atoms with E-state index >= 15 is 0 Å². The number of anilines is 1. The van der Waals surface area contributed by atoms with E-state index in [-0.39, 0.29) is 0 Å². The lowest BCUT2D eigenvalue weighted by atomic mass is 10.0. The number of rotatable bonds is 3. The van der Waals surface area contributed by atoms with Gasteiger partial charge in [0.1, 0.15) is 6.07 Å². The Bertz CT molecular complexity index is 431. The summed E-state index contributed by atoms with van der Waals surface area (Å²) in [4.78, 5) is 2.38. The summed E-state index contributed by atoms with van der Waals surface area (Å²) in [5.74, 6) is 0.812. The first-order valence-electron chi connectivity index (χ1n) is 6.50. The minimum atomic E-state index is 0.812. The van der Waals surface area contributed by atoms with Crippen molar-refractivity contribution in [2.75, 3.05) is 18.0 Å². The van der Waals surface area contributed by atoms with E-state index in [2.05, 4.69) is 30.9 Å². The molecule has 0 radical (unpaired) electrons. The molecular weight excluding hydrogens is 208 g/mol. The average molecular weight is 228 g/mol. The van der Waals surface area contributed by atoms with Crippen molar-refractivity contribution in [3.05, 3.63) is 29.3 Å². The summed E-state index contributed by atoms with van der Waals surface area (Å²) in [7, 11) is 0. The second-order valence-corrected chi connectivity index (χ2v) is 5.02. The number of hydrogen-bond acceptors (Lipinski definition) is 2. The second kappa shape index (κ2) is 5.23. The lowest BCUT2D eigenvalue weighted by Crippen LogP contribution is -2.20. The van der Waals surface area contributed by atoms with Crippen molar-refractivity contribution in [3.63, 3.8) is 0 Å². The fourth-order valence-corrected chi connectivity index (χ4v) is 2.69. The maximum atomic E-state index is 9.16. The zero-order valence-electron chi connectivity index (χ0n) is 10.7. The molecule has 0 N–H and O–H groups in total. The molecule has 1 aromatic carbocycles. The van der Waals surface area contributed by atoms with Gasteiger partial charge in [-0.25, -0.2) is 0 Å². The van der Waals surface area contributed by atoms with Crippen LogP contribution < -0.4 is 4.90 Å². The number of hydrogen-bond donors (Lipinski definition) is 0. The quantitative estimate of drug-likeness (QED) is 0.791. The molecule has 1 unspecified atom stereocenters. The highest BCUT2D eigenvalue weighted by atomic mass is 15.2. The van der Waals surface area contributed by atoms with Gasteiger partial charge in [-0.1, -0.05) is 19.4 Å². The summed E-state index contributed by atoms with van der Waals surface area (Å²) in [6.45, 7) is 6.55. The van der Waals surface area contributed by atoms with Crippen molar-refractivity contribution in [2.24, 2.45) is 5.92 Å². The number of aryl methyl sites for hydroxylation is 1. The summed E-state index contributed by atoms with van der Waals surface area (Å²) >= 11 is 0. The van der Waals surface area contributed by atoms with Crippen LogP contribution in [0.5, 0.6) is 0 Å². The average Bonchev–Trinajstić information content (AvgIpc) is 2.78. The van der Waals surface area contributed by atoms with Gasteiger partial charge in [0.25, 0.3) is 0 Å². The van der Waals surface area contributed by atoms with Crippen molar-refractivity contribution in [2.45, 2.75) is 33.1 Å². The van der Waals surface area contributed by atoms with Crippen molar-refractivity contribution < 1.29 is 0 Å². The predicted octanol–water partition coefficient (Wildman–Crippen LogP) is 3.49. The van der Waals surface area contributed by atoms with E-state index in [0.29, 0.717) is 0 Å². The first kappa shape index (κ1) is 12.0. The molecule has 0 aromatic heterocycles. The molecule has 0 bridgehead atoms. The molecule has 0 aliphatic carbocycles. The Kier molecular flexibility index (Phi) is 3.68. The smallest absolute Gasteiger partial charge is 0.101 e. The number of nitriles is 1. The van der Waals surface area contributed by atoms with Crippen LogP contribution in [0.2, 0.25) is 0 Å². The molecule has 1 atom stereocenters. The number of nitrogens with zero attached hydrogens (tertiary/aromatic N) is 2. The van der Waals surface area contributed by atoms with E-state index in [1.165, 1.54) is 24.8 Å². The first-order chi connectivity index (χ1) is 8.24. The molecule has 17 heavy (non-hydrogen) atoms. The summed E-state index contributed by atoms with van der Waals surface area (Å²) in [6.07, 6.45) is 3.84. The fraction of sp³-hybridized carbons (Fsp3) is 0.533. The number of benzene rings is 1. The first-order valence-corrected chi connectivity index (χ1v) is 6.50. The van der Waals surface area contributed by atoms with E-state index in [9.17, 15) is 0 Å². The third kappa shape index (κ3) is 2.61. The summed E-state index contributed by atoms with van der Waals surface area (Å²) in [5.41, 5.74) is 3.18. The Hall–Kier alpha value is -1.49. The fourth-order valence-electron chi connectivity index (χ4n) is 2.69. The Labute approximate surface area is 104 Å². The molecule has 2 heteroatoms. The molecule has 0 saturated carbocycles. The highest BCUT2D eigenvalue weighted by Crippen LogP contribution is 2.29. The topological polar surface area (TPSA) is 27.0 Å². The Morgan fingerprint density at radius 1 is 1.47 bits per heavy atom. The highest BCUT2D eigenvalue weighted by Gasteiger charge is 2.23. The van der Waals surface area contributed by atoms with Crippen molar-refractivity contribution >= 4 is 5.69 Å². The molecule has 1 aliphatic heterocycles. The normalized spacial score (nSPS) is 19.4. The minimum absolute atomic E-state index is 0.812. The summed E-state index contributed by atoms with van der Waals surface area (Å²) < 4.78 is 0. The third-order valence-corrected chi connectivity index (χ3v) is 3.60. The van der Waals surface area contributed by atoms with Crippen LogP contribution in [0.15, 0.2) is 18.2 Å². The molecule has 1 aromatic rings. The van der Waals surface area contributed by atoms with Crippen LogP contribution in [0.1, 0.15) is 37.3 Å². The zero-order chi connectivity index (χ0) is 12.3. The van der Waals surface area contributed by atoms with Gasteiger partial charge in [-0.15, -0.1) is 0 Å². The zero-order valence-corrected chi connectivity index (χ0v) is 10.7. The molecule has 0 amide bonds. The SMILES string of the molecule is CCCC1CCN(c2cc(C)ccc2C#N)C1. The van der Waals surface area contributed by atoms with Crippen LogP contribution in [0.3, 0.4) is 0 Å². The van der Waals surface area contributed by atoms with Crippen LogP contribution in [0.25, 0.3) is 0 Å². The van der Waals surface area contributed by atoms with Crippen molar-refractivity contribution in [3.8, 4) is 6.07 Å². The van der Waals surface area contributed by atoms with Crippen LogP contribution in [0, 0.1) is 24.2 Å². The largest absolute Gasteiger partial charge is 0.370 e. The Morgan fingerprint density at radius 3 is 3.00 bits per heavy atom. The minimum Gasteiger partial charge on any atom is -0.370 e. The maximum absolute atomic E-state index is 9.16. The standard InChI is InChI=1S/C15H20N2/c1-3-4-13-7-8-17(11-13)15-9-12(2)5-6-14(15)10-16/h5-6,9,13H,3-4,7-8,11H2,1-2H3. The molecule has 1 saturated heterocycles. The van der Waals surface area contributed by atoms with E-state index in [4.69, 9.17) is 5.26 Å². The van der Waals surface area contributed by atoms with Gasteiger partial charge in [-0.2, -0.15) is 5.26 Å². The van der Waals surface area contributed by atoms with Crippen LogP contribution >= 0.6 is 0 Å². The molecule has 0 spiro atoms. The highest BCUT2D eigenvalue weighted by molar-refractivity contribution is 5.61. The van der Waals surface area contributed by atoms with Gasteiger partial charge in [0.15, 0.2) is 0 Å². The maximum Gasteiger partial charge on any atom is 0.101 e. The van der Waals surface area contributed by atoms with Gasteiger partial charge in [0, 0.05) is 13.1 Å². The van der Waals surface area contributed by atoms with Gasteiger partial charge in [0.05, 0.1) is 11.3 Å². The lowest BCUT2D eigenvalue weighted by molar-refractivity contribution is 0.530. The van der Waals surface area contributed by atoms with Crippen molar-refractivity contribution in [1.82, 2.24) is 0 Å². The van der Waals surface area contributed by atoms with Crippen LogP contribution in [0.4, 0.5) is 5.69 Å². The predicted molar refractivity (Wildman–Crippen MR) is 71.1 cm³/mol. The van der Waals surface area contributed by atoms with Crippen LogP contribution in [-0.2, 0) is 0 Å². The van der Waals surface area contributed by atoms with Crippen molar-refractivity contribution in [1.29, 1.82) is 5.26 Å². The van der Waals surface area contributed by atoms with E-state index in [1.54, 1.807) is 0 Å². The third-order valence-electron chi connectivity index (χ3n) is 3.60. The van der Waals surface area contributed by atoms with Gasteiger partial charge >= 0.3 is 0 Å². The van der Waals surface area contributed by atoms with E-state index < -0.39 is 0 Å². The summed E-state index contributed by atoms with van der Waals surface area (Å²) in [6, 6.07) is 8.41. The second-order valence-electron chi connectivity index (χ2n) is 5.02. The lowest BCUT2D eigenvalue weighted by Gasteiger charge is -2.20. The Morgan fingerprint density at radius 2 is 2.29 bits per heavy atom. The van der Waals surface area contributed by atoms with Gasteiger partial charge in [0.2, 0.25) is 0 Å². The molecule has 1 aliphatic rings. The molecule has 1 heterocycles. The molecule has 2 nitrogen and oxygen atoms in total. The summed E-state index contributed by atoms with van der Waals surface area (Å²) in [5, 5.41) is 9.16. The monoisotopic (exact) mass is 228 g/mol. The van der Waals surface area contributed by atoms with E-state index in [1.807, 2.05) is 12.1 Å². The molecule has 1 fully saturated rings. The van der Waals surface area contributed by atoms with Gasteiger partial charge < -0.3 is 4.90 Å². The Balaban J connectivity index is 2.18. The molecule has 2 rings (SSSR count). The molecule has 90 valence electrons. The van der Waals surface area contributed by atoms with E-state index in [0.717, 1.165) is 30.3 Å². The van der Waals surface area contributed by atoms with Gasteiger partial charge in [-0.05, 0) is 43.4 Å². The molecular formula is C15H20N2. The van der Waals surface area contributed by atoms with Crippen LogP contribution in [-0.4, -0.2) is 13.1 Å². The van der Waals surface area contributed by atoms with Gasteiger partial charge in [-0.3, -0.25) is 0 Å².